The molecule has 3 fully saturated rings. The average Bonchev–Trinajstić information content (AvgIpc) is 2.50. The highest BCUT2D eigenvalue weighted by Crippen LogP contribution is 2.30. The van der Waals surface area contributed by atoms with Crippen molar-refractivity contribution in [2.75, 3.05) is 101 Å². The molecule has 3 N–H and O–H groups in total. The van der Waals surface area contributed by atoms with Crippen LogP contribution < -0.4 is 25.4 Å². The second kappa shape index (κ2) is 37.9. The number of benzene rings is 5. The van der Waals surface area contributed by atoms with Gasteiger partial charge in [0.1, 0.15) is 11.5 Å². The molecule has 0 atom stereocenters. The number of unbranched alkanes of at least 4 members (excludes halogenated alkanes) is 9. The van der Waals surface area contributed by atoms with Crippen LogP contribution in [0.3, 0.4) is 0 Å². The van der Waals surface area contributed by atoms with Gasteiger partial charge in [0, 0.05) is 98.7 Å². The number of rotatable bonds is 30. The molecule has 470 valence electrons. The summed E-state index contributed by atoms with van der Waals surface area (Å²) >= 11 is 18.2. The van der Waals surface area contributed by atoms with Gasteiger partial charge >= 0.3 is 0 Å². The first-order chi connectivity index (χ1) is 43.4. The summed E-state index contributed by atoms with van der Waals surface area (Å²) in [5.41, 5.74) is 8.33. The number of hydrogen-bond donors (Lipinski definition) is 3. The zero-order valence-corrected chi connectivity index (χ0v) is 54.4. The van der Waals surface area contributed by atoms with Crippen molar-refractivity contribution in [1.29, 1.82) is 0 Å². The van der Waals surface area contributed by atoms with Crippen LogP contribution in [-0.4, -0.2) is 115 Å². The molecule has 0 amide bonds. The van der Waals surface area contributed by atoms with Crippen LogP contribution in [0.2, 0.25) is 15.1 Å². The normalized spacial score (nSPS) is 14.9. The lowest BCUT2D eigenvalue weighted by molar-refractivity contribution is 0.205. The fourth-order valence-electron chi connectivity index (χ4n) is 12.3. The number of aromatic nitrogens is 3. The molecule has 0 saturated carbocycles. The Kier molecular flexibility index (Phi) is 28.7. The van der Waals surface area contributed by atoms with Gasteiger partial charge in [0.25, 0.3) is 0 Å². The summed E-state index contributed by atoms with van der Waals surface area (Å²) in [5.74, 6) is 1.87. The van der Waals surface area contributed by atoms with E-state index >= 15 is 0 Å². The van der Waals surface area contributed by atoms with Crippen LogP contribution in [0.15, 0.2) is 140 Å². The third-order valence-corrected chi connectivity index (χ3v) is 17.9. The number of nitrogens with one attached hydrogen (secondary N) is 3. The van der Waals surface area contributed by atoms with E-state index in [0.29, 0.717) is 10.0 Å². The Morgan fingerprint density at radius 2 is 0.739 bits per heavy atom. The van der Waals surface area contributed by atoms with Gasteiger partial charge in [-0.05, 0) is 231 Å². The number of anilines is 4. The fourth-order valence-corrected chi connectivity index (χ4v) is 12.8. The van der Waals surface area contributed by atoms with Gasteiger partial charge in [0.2, 0.25) is 0 Å². The standard InChI is InChI=1S/C26H40ClN3.C25H30ClN3O.C23H26ClN3O/c27-23-14-15-24-25(16-18-29-26(24)22-23)28-17-10-7-5-3-1-2-4-6-8-11-19-30-20-12-9-13-21-30;26-21-7-10-23-24(12-14-28-25(23)19-21)27-13-11-20-5-8-22(9-6-20)30-18-4-17-29-15-2-1-3-16-29;24-18-5-10-21-22(11-12-25-23(21)17-18)26-19-6-8-20(9-7-19)28-16-4-15-27-13-2-1-3-14-27/h14-16,18,22H,1-13,17,19-21H2,(H,28,29);5-10,12,14,19H,1-4,11,13,15-18H2,(H,27,28);5-12,17H,1-4,13-16H2,(H,25,26). The quantitative estimate of drug-likeness (QED) is 0.0375. The molecule has 11 rings (SSSR count). The first kappa shape index (κ1) is 66.5. The molecule has 3 aliphatic rings. The molecule has 0 aliphatic carbocycles. The van der Waals surface area contributed by atoms with Crippen LogP contribution in [0, 0.1) is 0 Å². The SMILES string of the molecule is Clc1ccc2c(NCCCCCCCCCCCCN3CCCCC3)ccnc2c1.Clc1ccc2c(NCCc3ccc(OCCCN4CCCCC4)cc3)ccnc2c1.Clc1ccc2c(Nc3ccc(OCCCN4CCCCC4)cc3)ccnc2c1. The maximum atomic E-state index is 6.07. The Morgan fingerprint density at radius 1 is 0.364 bits per heavy atom. The number of hydrogen-bond acceptors (Lipinski definition) is 11. The number of piperidine rings is 3. The van der Waals surface area contributed by atoms with Crippen molar-refractivity contribution in [3.8, 4) is 11.5 Å². The van der Waals surface area contributed by atoms with Gasteiger partial charge in [-0.15, -0.1) is 0 Å². The lowest BCUT2D eigenvalue weighted by atomic mass is 10.1. The lowest BCUT2D eigenvalue weighted by Crippen LogP contribution is -2.31. The van der Waals surface area contributed by atoms with Gasteiger partial charge in [-0.1, -0.05) is 118 Å². The highest BCUT2D eigenvalue weighted by molar-refractivity contribution is 6.32. The molecule has 0 unspecified atom stereocenters. The van der Waals surface area contributed by atoms with Gasteiger partial charge in [-0.2, -0.15) is 0 Å². The molecular formula is C74H96Cl3N9O2. The Balaban J connectivity index is 0.000000157. The predicted octanol–water partition coefficient (Wildman–Crippen LogP) is 19.4. The van der Waals surface area contributed by atoms with Gasteiger partial charge in [-0.3, -0.25) is 15.0 Å². The molecular weight excluding hydrogens is 1150 g/mol. The highest BCUT2D eigenvalue weighted by atomic mass is 35.5. The molecule has 8 aromatic rings. The summed E-state index contributed by atoms with van der Waals surface area (Å²) in [4.78, 5) is 21.0. The first-order valence-corrected chi connectivity index (χ1v) is 34.5. The van der Waals surface area contributed by atoms with Crippen molar-refractivity contribution < 1.29 is 9.47 Å². The molecule has 5 aromatic carbocycles. The van der Waals surface area contributed by atoms with Gasteiger partial charge in [0.05, 0.1) is 29.8 Å². The lowest BCUT2D eigenvalue weighted by Gasteiger charge is -2.26. The van der Waals surface area contributed by atoms with Crippen LogP contribution in [0.4, 0.5) is 22.7 Å². The number of likely N-dealkylation sites (tertiary alicyclic amines) is 3. The molecule has 11 nitrogen and oxygen atoms in total. The van der Waals surface area contributed by atoms with Crippen LogP contribution in [0.25, 0.3) is 32.7 Å². The maximum absolute atomic E-state index is 6.07. The third-order valence-electron chi connectivity index (χ3n) is 17.2. The number of nitrogens with zero attached hydrogens (tertiary/aromatic N) is 6. The smallest absolute Gasteiger partial charge is 0.119 e. The van der Waals surface area contributed by atoms with Gasteiger partial charge in [0.15, 0.2) is 0 Å². The summed E-state index contributed by atoms with van der Waals surface area (Å²) in [5, 5.41) is 16.0. The minimum atomic E-state index is 0.693. The van der Waals surface area contributed by atoms with Crippen LogP contribution in [0.1, 0.15) is 140 Å². The summed E-state index contributed by atoms with van der Waals surface area (Å²) in [6, 6.07) is 40.1. The second-order valence-corrected chi connectivity index (χ2v) is 25.4. The minimum absolute atomic E-state index is 0.693. The first-order valence-electron chi connectivity index (χ1n) is 33.4. The zero-order valence-electron chi connectivity index (χ0n) is 52.2. The molecule has 3 aromatic heterocycles. The monoisotopic (exact) mass is 1250 g/mol. The largest absolute Gasteiger partial charge is 0.494 e. The van der Waals surface area contributed by atoms with E-state index in [4.69, 9.17) is 44.3 Å². The molecule has 6 heterocycles. The Labute approximate surface area is 540 Å². The highest BCUT2D eigenvalue weighted by Gasteiger charge is 2.13. The van der Waals surface area contributed by atoms with E-state index < -0.39 is 0 Å². The van der Waals surface area contributed by atoms with E-state index in [1.807, 2.05) is 97.3 Å². The van der Waals surface area contributed by atoms with E-state index in [9.17, 15) is 0 Å². The van der Waals surface area contributed by atoms with Crippen molar-refractivity contribution in [3.63, 3.8) is 0 Å². The van der Waals surface area contributed by atoms with E-state index in [1.54, 1.807) is 6.20 Å². The van der Waals surface area contributed by atoms with E-state index in [-0.39, 0.29) is 0 Å². The summed E-state index contributed by atoms with van der Waals surface area (Å²) in [6.07, 6.45) is 34.9. The van der Waals surface area contributed by atoms with Crippen molar-refractivity contribution in [1.82, 2.24) is 29.7 Å². The average molecular weight is 1250 g/mol. The topological polar surface area (TPSA) is 103 Å². The van der Waals surface area contributed by atoms with E-state index in [1.165, 1.54) is 173 Å². The number of ether oxygens (including phenoxy) is 2. The van der Waals surface area contributed by atoms with Gasteiger partial charge in [-0.25, -0.2) is 0 Å². The zero-order chi connectivity index (χ0) is 60.6. The van der Waals surface area contributed by atoms with Crippen molar-refractivity contribution in [2.24, 2.45) is 0 Å². The number of fused-ring (bicyclic) bond motifs is 3. The van der Waals surface area contributed by atoms with Gasteiger partial charge < -0.3 is 40.1 Å². The van der Waals surface area contributed by atoms with Crippen LogP contribution >= 0.6 is 34.8 Å². The van der Waals surface area contributed by atoms with Crippen LogP contribution in [0.5, 0.6) is 11.5 Å². The van der Waals surface area contributed by atoms with E-state index in [0.717, 1.165) is 131 Å². The maximum Gasteiger partial charge on any atom is 0.119 e. The number of pyridine rings is 3. The molecule has 3 aliphatic heterocycles. The molecule has 0 spiro atoms. The van der Waals surface area contributed by atoms with Crippen molar-refractivity contribution >= 4 is 90.3 Å². The molecule has 88 heavy (non-hydrogen) atoms. The number of halogens is 3. The Morgan fingerprint density at radius 3 is 1.19 bits per heavy atom. The minimum Gasteiger partial charge on any atom is -0.494 e. The van der Waals surface area contributed by atoms with Crippen molar-refractivity contribution in [3.05, 3.63) is 161 Å². The van der Waals surface area contributed by atoms with Crippen LogP contribution in [-0.2, 0) is 6.42 Å². The molecule has 3 saturated heterocycles. The Hall–Kier alpha value is -5.92. The Bertz CT molecular complexity index is 3260. The summed E-state index contributed by atoms with van der Waals surface area (Å²) in [7, 11) is 0. The summed E-state index contributed by atoms with van der Waals surface area (Å²) < 4.78 is 11.8. The van der Waals surface area contributed by atoms with E-state index in [2.05, 4.69) is 82.0 Å². The van der Waals surface area contributed by atoms with Crippen molar-refractivity contribution in [2.45, 2.75) is 141 Å². The molecule has 0 radical (unpaired) electrons. The third kappa shape index (κ3) is 23.1. The predicted molar refractivity (Wildman–Crippen MR) is 374 cm³/mol. The second-order valence-electron chi connectivity index (χ2n) is 24.1. The fraction of sp³-hybridized carbons (Fsp3) is 0.473. The summed E-state index contributed by atoms with van der Waals surface area (Å²) in [6.45, 7) is 14.8. The molecule has 14 heteroatoms. The molecule has 0 bridgehead atoms.